The second-order valence-electron chi connectivity index (χ2n) is 6.82. The third-order valence-corrected chi connectivity index (χ3v) is 5.89. The van der Waals surface area contributed by atoms with Crippen molar-refractivity contribution in [3.63, 3.8) is 0 Å². The van der Waals surface area contributed by atoms with Crippen molar-refractivity contribution in [2.75, 3.05) is 0 Å². The maximum atomic E-state index is 13.3. The van der Waals surface area contributed by atoms with Crippen molar-refractivity contribution in [1.29, 1.82) is 10.7 Å². The fourth-order valence-corrected chi connectivity index (χ4v) is 4.60. The minimum absolute atomic E-state index is 0.113. The van der Waals surface area contributed by atoms with Crippen LogP contribution in [0.3, 0.4) is 0 Å². The second-order valence-corrected chi connectivity index (χ2v) is 8.28. The minimum atomic E-state index is -4.51. The maximum absolute atomic E-state index is 13.3. The van der Waals surface area contributed by atoms with Crippen molar-refractivity contribution in [3.8, 4) is 23.2 Å². The van der Waals surface area contributed by atoms with Gasteiger partial charge in [0.15, 0.2) is 0 Å². The van der Waals surface area contributed by atoms with Crippen molar-refractivity contribution in [3.05, 3.63) is 56.8 Å². The summed E-state index contributed by atoms with van der Waals surface area (Å²) in [5.41, 5.74) is 1.42. The number of nitrogens with zero attached hydrogens (tertiary/aromatic N) is 2. The predicted molar refractivity (Wildman–Crippen MR) is 102 cm³/mol. The molecule has 1 aliphatic rings. The Labute approximate surface area is 168 Å². The van der Waals surface area contributed by atoms with Gasteiger partial charge in [-0.25, -0.2) is 0 Å². The quantitative estimate of drug-likeness (QED) is 0.585. The first-order valence-corrected chi connectivity index (χ1v) is 9.51. The van der Waals surface area contributed by atoms with E-state index in [-0.39, 0.29) is 17.3 Å². The lowest BCUT2D eigenvalue weighted by atomic mass is 9.78. The van der Waals surface area contributed by atoms with Crippen molar-refractivity contribution >= 4 is 17.2 Å². The van der Waals surface area contributed by atoms with Crippen LogP contribution in [-0.4, -0.2) is 16.1 Å². The van der Waals surface area contributed by atoms with Gasteiger partial charge in [-0.1, -0.05) is 18.2 Å². The molecule has 148 valence electrons. The molecule has 2 N–H and O–H groups in total. The van der Waals surface area contributed by atoms with Crippen LogP contribution in [0.4, 0.5) is 13.2 Å². The largest absolute Gasteiger partial charge is 0.422 e. The van der Waals surface area contributed by atoms with Gasteiger partial charge >= 0.3 is 6.18 Å². The van der Waals surface area contributed by atoms with Crippen LogP contribution in [0.5, 0.6) is 5.88 Å². The van der Waals surface area contributed by atoms with Crippen molar-refractivity contribution < 1.29 is 17.9 Å². The summed E-state index contributed by atoms with van der Waals surface area (Å²) in [6.07, 6.45) is -4.51. The van der Waals surface area contributed by atoms with Gasteiger partial charge in [0.25, 0.3) is 0 Å². The summed E-state index contributed by atoms with van der Waals surface area (Å²) in [4.78, 5) is 2.07. The van der Waals surface area contributed by atoms with Gasteiger partial charge < -0.3 is 4.74 Å². The lowest BCUT2D eigenvalue weighted by molar-refractivity contribution is -0.137. The molecule has 2 aromatic heterocycles. The highest BCUT2D eigenvalue weighted by atomic mass is 32.1. The molecule has 0 radical (unpaired) electrons. The van der Waals surface area contributed by atoms with Crippen molar-refractivity contribution in [2.24, 2.45) is 5.92 Å². The number of aryl methyl sites for hydroxylation is 2. The number of alkyl halides is 3. The van der Waals surface area contributed by atoms with E-state index in [9.17, 15) is 18.4 Å². The first kappa shape index (κ1) is 19.2. The molecule has 0 saturated carbocycles. The van der Waals surface area contributed by atoms with E-state index >= 15 is 0 Å². The molecule has 1 aromatic carbocycles. The topological polar surface area (TPSA) is 85.5 Å². The number of nitrogens with one attached hydrogen (secondary N) is 2. The minimum Gasteiger partial charge on any atom is -0.422 e. The highest BCUT2D eigenvalue weighted by Gasteiger charge is 2.42. The number of aromatic nitrogens is 2. The number of benzene rings is 1. The normalized spacial score (nSPS) is 18.8. The number of rotatable bonds is 2. The van der Waals surface area contributed by atoms with Crippen molar-refractivity contribution in [1.82, 2.24) is 10.2 Å². The van der Waals surface area contributed by atoms with E-state index in [0.717, 1.165) is 27.5 Å². The van der Waals surface area contributed by atoms with Gasteiger partial charge in [-0.15, -0.1) is 16.4 Å². The molecule has 0 amide bonds. The van der Waals surface area contributed by atoms with Crippen molar-refractivity contribution in [2.45, 2.75) is 25.9 Å². The monoisotopic (exact) mass is 416 g/mol. The smallest absolute Gasteiger partial charge is 0.416 e. The third-order valence-electron chi connectivity index (χ3n) is 4.92. The second kappa shape index (κ2) is 6.74. The number of halogens is 3. The zero-order valence-corrected chi connectivity index (χ0v) is 16.2. The summed E-state index contributed by atoms with van der Waals surface area (Å²) < 4.78 is 45.3. The van der Waals surface area contributed by atoms with E-state index in [2.05, 4.69) is 10.2 Å². The summed E-state index contributed by atoms with van der Waals surface area (Å²) in [5.74, 6) is -2.10. The molecular weight excluding hydrogens is 401 g/mol. The number of hydrogen-bond acceptors (Lipinski definition) is 5. The molecular formula is C20H15F3N4OS. The number of H-pyrrole nitrogens is 1. The van der Waals surface area contributed by atoms with Crippen LogP contribution < -0.4 is 4.74 Å². The van der Waals surface area contributed by atoms with E-state index < -0.39 is 23.6 Å². The van der Waals surface area contributed by atoms with Crippen LogP contribution in [0.25, 0.3) is 11.3 Å². The van der Waals surface area contributed by atoms with Crippen LogP contribution in [0, 0.1) is 36.5 Å². The molecule has 0 bridgehead atoms. The molecule has 3 heterocycles. The fourth-order valence-electron chi connectivity index (χ4n) is 3.67. The van der Waals surface area contributed by atoms with Crippen LogP contribution in [0.15, 0.2) is 30.3 Å². The van der Waals surface area contributed by atoms with Crippen LogP contribution in [0.2, 0.25) is 0 Å². The molecule has 1 aliphatic heterocycles. The van der Waals surface area contributed by atoms with Crippen LogP contribution in [0.1, 0.15) is 32.4 Å². The highest BCUT2D eigenvalue weighted by molar-refractivity contribution is 7.12. The van der Waals surface area contributed by atoms with E-state index in [1.54, 1.807) is 11.3 Å². The number of ether oxygens (including phenoxy) is 1. The van der Waals surface area contributed by atoms with Gasteiger partial charge in [0.05, 0.1) is 22.9 Å². The molecule has 29 heavy (non-hydrogen) atoms. The summed E-state index contributed by atoms with van der Waals surface area (Å²) in [6, 6.07) is 8.84. The van der Waals surface area contributed by atoms with Gasteiger partial charge in [0.1, 0.15) is 5.92 Å². The summed E-state index contributed by atoms with van der Waals surface area (Å²) in [7, 11) is 0. The molecule has 5 nitrogen and oxygen atoms in total. The summed E-state index contributed by atoms with van der Waals surface area (Å²) in [6.45, 7) is 3.89. The summed E-state index contributed by atoms with van der Waals surface area (Å²) >= 11 is 1.58. The van der Waals surface area contributed by atoms with Gasteiger partial charge in [-0.2, -0.15) is 18.4 Å². The maximum Gasteiger partial charge on any atom is 0.416 e. The zero-order valence-electron chi connectivity index (χ0n) is 15.4. The van der Waals surface area contributed by atoms with E-state index in [0.29, 0.717) is 11.3 Å². The Morgan fingerprint density at radius 1 is 1.28 bits per heavy atom. The Kier molecular flexibility index (Phi) is 4.46. The number of hydrogen-bond donors (Lipinski definition) is 2. The number of fused-ring (bicyclic) bond motifs is 1. The average molecular weight is 416 g/mol. The molecule has 3 aromatic rings. The first-order valence-electron chi connectivity index (χ1n) is 8.69. The lowest BCUT2D eigenvalue weighted by Crippen LogP contribution is -2.31. The Balaban J connectivity index is 1.95. The SMILES string of the molecule is Cc1cc(-c2[nH]nc3c2C(c2cccc(C(F)(F)F)c2)C(C#N)C(=N)O3)c(C)s1. The molecule has 0 saturated heterocycles. The average Bonchev–Trinajstić information content (AvgIpc) is 3.21. The van der Waals surface area contributed by atoms with E-state index in [1.807, 2.05) is 26.0 Å². The molecule has 0 fully saturated rings. The number of nitriles is 1. The zero-order chi connectivity index (χ0) is 20.9. The van der Waals surface area contributed by atoms with E-state index in [1.165, 1.54) is 12.1 Å². The van der Waals surface area contributed by atoms with Crippen LogP contribution >= 0.6 is 11.3 Å². The third kappa shape index (κ3) is 3.19. The van der Waals surface area contributed by atoms with Gasteiger partial charge in [0, 0.05) is 21.2 Å². The van der Waals surface area contributed by atoms with Crippen LogP contribution in [-0.2, 0) is 6.18 Å². The van der Waals surface area contributed by atoms with Gasteiger partial charge in [0.2, 0.25) is 11.8 Å². The number of thiophene rings is 1. The van der Waals surface area contributed by atoms with Gasteiger partial charge in [-0.05, 0) is 31.5 Å². The molecule has 9 heteroatoms. The highest BCUT2D eigenvalue weighted by Crippen LogP contribution is 2.47. The molecule has 0 aliphatic carbocycles. The number of aromatic amines is 1. The Morgan fingerprint density at radius 3 is 2.66 bits per heavy atom. The first-order chi connectivity index (χ1) is 13.7. The Morgan fingerprint density at radius 2 is 2.03 bits per heavy atom. The summed E-state index contributed by atoms with van der Waals surface area (Å²) in [5, 5.41) is 24.8. The standard InChI is InChI=1S/C20H15F3N4OS/c1-9-6-13(10(2)29-9)17-16-15(11-4-3-5-12(7-11)20(21,22)23)14(8-24)18(25)28-19(16)27-26-17/h3-7,14-15,25H,1-2H3,(H,26,27). The molecule has 2 unspecified atom stereocenters. The molecule has 0 spiro atoms. The Bertz CT molecular complexity index is 1160. The van der Waals surface area contributed by atoms with E-state index in [4.69, 9.17) is 10.1 Å². The van der Waals surface area contributed by atoms with Gasteiger partial charge in [-0.3, -0.25) is 10.5 Å². The lowest BCUT2D eigenvalue weighted by Gasteiger charge is -2.28. The Hall–Kier alpha value is -3.12. The molecule has 4 rings (SSSR count). The molecule has 2 atom stereocenters. The predicted octanol–water partition coefficient (Wildman–Crippen LogP) is 5.42. The fraction of sp³-hybridized carbons (Fsp3) is 0.250.